The predicted octanol–water partition coefficient (Wildman–Crippen LogP) is 3.57. The maximum atomic E-state index is 2.56. The fraction of sp³-hybridized carbons (Fsp3) is 0.571. The SMILES string of the molecule is Cc1cc(C)c([N+]2CCCCC2)c(C)c1. The van der Waals surface area contributed by atoms with Gasteiger partial charge in [-0.25, -0.2) is 0 Å². The van der Waals surface area contributed by atoms with E-state index in [-0.39, 0.29) is 0 Å². The van der Waals surface area contributed by atoms with Crippen molar-refractivity contribution in [2.75, 3.05) is 13.1 Å². The molecular formula is C14H21N+. The van der Waals surface area contributed by atoms with E-state index in [0.717, 1.165) is 0 Å². The van der Waals surface area contributed by atoms with Gasteiger partial charge in [0.05, 0.1) is 0 Å². The lowest BCUT2D eigenvalue weighted by molar-refractivity contribution is 0.422. The van der Waals surface area contributed by atoms with Crippen LogP contribution in [0.1, 0.15) is 36.0 Å². The molecule has 1 aromatic rings. The third kappa shape index (κ3) is 2.23. The minimum absolute atomic E-state index is 1.24. The highest BCUT2D eigenvalue weighted by molar-refractivity contribution is 5.55. The first-order valence-corrected chi connectivity index (χ1v) is 6.01. The van der Waals surface area contributed by atoms with Crippen molar-refractivity contribution < 1.29 is 0 Å². The zero-order valence-electron chi connectivity index (χ0n) is 10.1. The number of anilines is 1. The van der Waals surface area contributed by atoms with Crippen LogP contribution in [0.15, 0.2) is 12.1 Å². The summed E-state index contributed by atoms with van der Waals surface area (Å²) >= 11 is 0. The van der Waals surface area contributed by atoms with Gasteiger partial charge in [0.2, 0.25) is 0 Å². The Morgan fingerprint density at radius 1 is 0.867 bits per heavy atom. The third-order valence-corrected chi connectivity index (χ3v) is 3.31. The molecule has 0 bridgehead atoms. The molecule has 1 aliphatic heterocycles. The Morgan fingerprint density at radius 2 is 1.40 bits per heavy atom. The van der Waals surface area contributed by atoms with Gasteiger partial charge < -0.3 is 0 Å². The van der Waals surface area contributed by atoms with E-state index in [0.29, 0.717) is 0 Å². The van der Waals surface area contributed by atoms with Crippen molar-refractivity contribution in [1.82, 2.24) is 4.90 Å². The van der Waals surface area contributed by atoms with Gasteiger partial charge >= 0.3 is 0 Å². The molecule has 0 N–H and O–H groups in total. The molecule has 1 heterocycles. The molecule has 0 saturated carbocycles. The summed E-state index contributed by atoms with van der Waals surface area (Å²) in [6.07, 6.45) is 4.11. The Kier molecular flexibility index (Phi) is 3.11. The largest absolute Gasteiger partial charge is 0.186 e. The summed E-state index contributed by atoms with van der Waals surface area (Å²) in [5, 5.41) is 0. The van der Waals surface area contributed by atoms with Crippen LogP contribution in [0.3, 0.4) is 0 Å². The van der Waals surface area contributed by atoms with Crippen LogP contribution in [0.2, 0.25) is 0 Å². The number of hydrogen-bond donors (Lipinski definition) is 0. The van der Waals surface area contributed by atoms with Crippen LogP contribution in [0.25, 0.3) is 0 Å². The maximum Gasteiger partial charge on any atom is 0.186 e. The van der Waals surface area contributed by atoms with Gasteiger partial charge in [-0.2, -0.15) is 0 Å². The molecule has 0 atom stereocenters. The Hall–Kier alpha value is -0.820. The van der Waals surface area contributed by atoms with Crippen molar-refractivity contribution in [3.05, 3.63) is 28.8 Å². The Morgan fingerprint density at radius 3 is 1.93 bits per heavy atom. The average molecular weight is 203 g/mol. The van der Waals surface area contributed by atoms with E-state index in [2.05, 4.69) is 37.8 Å². The van der Waals surface area contributed by atoms with Crippen molar-refractivity contribution in [1.29, 1.82) is 0 Å². The van der Waals surface area contributed by atoms with Crippen LogP contribution in [-0.2, 0) is 0 Å². The highest BCUT2D eigenvalue weighted by Crippen LogP contribution is 2.28. The number of aryl methyl sites for hydroxylation is 3. The molecular weight excluding hydrogens is 182 g/mol. The van der Waals surface area contributed by atoms with Crippen LogP contribution < -0.4 is 4.90 Å². The minimum atomic E-state index is 1.24. The van der Waals surface area contributed by atoms with Crippen molar-refractivity contribution in [2.45, 2.75) is 40.0 Å². The van der Waals surface area contributed by atoms with Gasteiger partial charge in [0.1, 0.15) is 13.1 Å². The number of piperidine rings is 1. The molecule has 15 heavy (non-hydrogen) atoms. The molecule has 1 fully saturated rings. The summed E-state index contributed by atoms with van der Waals surface area (Å²) in [7, 11) is 0. The van der Waals surface area contributed by atoms with Crippen molar-refractivity contribution in [2.24, 2.45) is 0 Å². The smallest absolute Gasteiger partial charge is 0.134 e. The molecule has 0 amide bonds. The molecule has 81 valence electrons. The number of benzene rings is 1. The van der Waals surface area contributed by atoms with E-state index in [1.807, 2.05) is 0 Å². The van der Waals surface area contributed by atoms with E-state index in [4.69, 9.17) is 0 Å². The lowest BCUT2D eigenvalue weighted by Gasteiger charge is -2.19. The highest BCUT2D eigenvalue weighted by atomic mass is 15.1. The number of nitrogens with zero attached hydrogens (tertiary/aromatic N) is 1. The topological polar surface area (TPSA) is 5.90 Å². The normalized spacial score (nSPS) is 18.1. The zero-order valence-corrected chi connectivity index (χ0v) is 10.1. The molecule has 2 rings (SSSR count). The zero-order chi connectivity index (χ0) is 10.8. The average Bonchev–Trinajstić information content (AvgIpc) is 2.17. The summed E-state index contributed by atoms with van der Waals surface area (Å²) in [6.45, 7) is 9.14. The molecule has 1 saturated heterocycles. The van der Waals surface area contributed by atoms with Crippen LogP contribution in [0.5, 0.6) is 0 Å². The monoisotopic (exact) mass is 203 g/mol. The Balaban J connectivity index is 2.33. The molecule has 1 aliphatic rings. The molecule has 1 nitrogen and oxygen atoms in total. The van der Waals surface area contributed by atoms with Crippen LogP contribution in [0.4, 0.5) is 5.69 Å². The molecule has 0 aromatic heterocycles. The first kappa shape index (κ1) is 10.7. The summed E-state index contributed by atoms with van der Waals surface area (Å²) in [4.78, 5) is 2.56. The first-order valence-electron chi connectivity index (χ1n) is 6.01. The van der Waals surface area contributed by atoms with Gasteiger partial charge in [-0.05, 0) is 27.2 Å². The Labute approximate surface area is 93.1 Å². The highest BCUT2D eigenvalue weighted by Gasteiger charge is 2.25. The van der Waals surface area contributed by atoms with E-state index in [1.54, 1.807) is 0 Å². The van der Waals surface area contributed by atoms with Gasteiger partial charge in [0.25, 0.3) is 0 Å². The fourth-order valence-electron chi connectivity index (χ4n) is 2.79. The minimum Gasteiger partial charge on any atom is -0.134 e. The number of rotatable bonds is 1. The molecule has 0 aliphatic carbocycles. The van der Waals surface area contributed by atoms with Gasteiger partial charge in [0.15, 0.2) is 5.69 Å². The second kappa shape index (κ2) is 4.36. The van der Waals surface area contributed by atoms with Crippen LogP contribution >= 0.6 is 0 Å². The van der Waals surface area contributed by atoms with E-state index in [9.17, 15) is 0 Å². The summed E-state index contributed by atoms with van der Waals surface area (Å²) in [5.41, 5.74) is 5.75. The van der Waals surface area contributed by atoms with Crippen molar-refractivity contribution in [3.63, 3.8) is 0 Å². The number of hydrogen-bond acceptors (Lipinski definition) is 1. The van der Waals surface area contributed by atoms with E-state index in [1.165, 1.54) is 54.7 Å². The molecule has 1 heteroatoms. The lowest BCUT2D eigenvalue weighted by atomic mass is 10.0. The second-order valence-electron chi connectivity index (χ2n) is 4.80. The molecule has 0 spiro atoms. The fourth-order valence-corrected chi connectivity index (χ4v) is 2.79. The van der Waals surface area contributed by atoms with Gasteiger partial charge in [-0.3, -0.25) is 0 Å². The summed E-state index contributed by atoms with van der Waals surface area (Å²) < 4.78 is 0. The molecule has 1 radical (unpaired) electrons. The van der Waals surface area contributed by atoms with Crippen molar-refractivity contribution >= 4 is 5.69 Å². The quantitative estimate of drug-likeness (QED) is 0.615. The first-order chi connectivity index (χ1) is 7.18. The maximum absolute atomic E-state index is 2.56. The Bertz CT molecular complexity index is 325. The predicted molar refractivity (Wildman–Crippen MR) is 66.0 cm³/mol. The standard InChI is InChI=1S/C14H21N/c1-11-9-12(2)14(13(3)10-11)15-7-5-4-6-8-15/h9-10H,4-8H2,1-3H3/q+1. The molecule has 0 unspecified atom stereocenters. The summed E-state index contributed by atoms with van der Waals surface area (Å²) in [5.74, 6) is 0. The van der Waals surface area contributed by atoms with Crippen molar-refractivity contribution in [3.8, 4) is 0 Å². The van der Waals surface area contributed by atoms with Crippen LogP contribution in [0, 0.1) is 20.8 Å². The van der Waals surface area contributed by atoms with Gasteiger partial charge in [0, 0.05) is 24.0 Å². The van der Waals surface area contributed by atoms with Gasteiger partial charge in [-0.15, -0.1) is 4.90 Å². The lowest BCUT2D eigenvalue weighted by Crippen LogP contribution is -2.31. The van der Waals surface area contributed by atoms with Crippen LogP contribution in [-0.4, -0.2) is 13.1 Å². The third-order valence-electron chi connectivity index (χ3n) is 3.31. The second-order valence-corrected chi connectivity index (χ2v) is 4.80. The van der Waals surface area contributed by atoms with E-state index < -0.39 is 0 Å². The summed E-state index contributed by atoms with van der Waals surface area (Å²) in [6, 6.07) is 4.61. The van der Waals surface area contributed by atoms with Gasteiger partial charge in [-0.1, -0.05) is 17.7 Å². The molecule has 1 aromatic carbocycles. The van der Waals surface area contributed by atoms with E-state index >= 15 is 0 Å².